The van der Waals surface area contributed by atoms with Gasteiger partial charge in [0, 0.05) is 26.7 Å². The molecule has 4 nitrogen and oxygen atoms in total. The van der Waals surface area contributed by atoms with E-state index < -0.39 is 0 Å². The first-order valence-corrected chi connectivity index (χ1v) is 7.94. The lowest BCUT2D eigenvalue weighted by Gasteiger charge is -2.34. The van der Waals surface area contributed by atoms with Crippen molar-refractivity contribution < 1.29 is 9.53 Å². The first-order chi connectivity index (χ1) is 8.17. The van der Waals surface area contributed by atoms with E-state index >= 15 is 0 Å². The Hall–Kier alpha value is -0.180. The third-order valence-electron chi connectivity index (χ3n) is 2.71. The maximum absolute atomic E-state index is 11.4. The van der Waals surface area contributed by atoms with Crippen LogP contribution in [-0.4, -0.2) is 68.1 Å². The fourth-order valence-corrected chi connectivity index (χ4v) is 2.23. The number of carbonyl (C=O) groups is 1. The Morgan fingerprint density at radius 3 is 2.71 bits per heavy atom. The van der Waals surface area contributed by atoms with E-state index in [-0.39, 0.29) is 11.8 Å². The lowest BCUT2D eigenvalue weighted by molar-refractivity contribution is -0.0338. The summed E-state index contributed by atoms with van der Waals surface area (Å²) in [5.74, 6) is 0. The molecular formula is C12H27N2O2P. The van der Waals surface area contributed by atoms with Crippen molar-refractivity contribution in [2.75, 3.05) is 46.5 Å². The van der Waals surface area contributed by atoms with Crippen LogP contribution in [0, 0.1) is 0 Å². The summed E-state index contributed by atoms with van der Waals surface area (Å²) in [6, 6.07) is 0. The molecule has 1 saturated heterocycles. The lowest BCUT2D eigenvalue weighted by Crippen LogP contribution is -2.47. The van der Waals surface area contributed by atoms with Gasteiger partial charge in [0.2, 0.25) is 5.65 Å². The summed E-state index contributed by atoms with van der Waals surface area (Å²) in [4.78, 5) is 15.5. The maximum atomic E-state index is 11.4. The molecule has 1 heterocycles. The van der Waals surface area contributed by atoms with Crippen molar-refractivity contribution in [2.45, 2.75) is 26.9 Å². The van der Waals surface area contributed by atoms with Gasteiger partial charge in [-0.25, -0.2) is 0 Å². The second-order valence-corrected chi connectivity index (χ2v) is 4.75. The minimum absolute atomic E-state index is 0.184. The van der Waals surface area contributed by atoms with Crippen LogP contribution >= 0.6 is 8.58 Å². The predicted octanol–water partition coefficient (Wildman–Crippen LogP) is 2.09. The van der Waals surface area contributed by atoms with Crippen LogP contribution in [0.2, 0.25) is 0 Å². The van der Waals surface area contributed by atoms with Gasteiger partial charge < -0.3 is 9.64 Å². The van der Waals surface area contributed by atoms with E-state index in [1.54, 1.807) is 4.90 Å². The highest BCUT2D eigenvalue weighted by atomic mass is 31.1. The summed E-state index contributed by atoms with van der Waals surface area (Å²) in [5.41, 5.74) is 0.215. The molecule has 0 aromatic carbocycles. The molecule has 1 amide bonds. The number of ether oxygens (including phenoxy) is 1. The Morgan fingerprint density at radius 1 is 1.53 bits per heavy atom. The fraction of sp³-hybridized carbons (Fsp3) is 0.917. The number of likely N-dealkylation sites (N-methyl/N-ethyl adjacent to an activating group) is 2. The molecule has 0 saturated carbocycles. The molecule has 2 atom stereocenters. The van der Waals surface area contributed by atoms with E-state index in [2.05, 4.69) is 11.8 Å². The monoisotopic (exact) mass is 262 g/mol. The molecule has 0 N–H and O–H groups in total. The Balaban J connectivity index is 0.00000121. The summed E-state index contributed by atoms with van der Waals surface area (Å²) in [6.45, 7) is 12.6. The second kappa shape index (κ2) is 9.81. The van der Waals surface area contributed by atoms with Gasteiger partial charge in [0.25, 0.3) is 0 Å². The van der Waals surface area contributed by atoms with Gasteiger partial charge in [0.05, 0.1) is 12.7 Å². The fourth-order valence-electron chi connectivity index (χ4n) is 1.76. The van der Waals surface area contributed by atoms with Crippen molar-refractivity contribution in [1.82, 2.24) is 9.80 Å². The first-order valence-electron chi connectivity index (χ1n) is 6.44. The molecule has 1 aliphatic heterocycles. The van der Waals surface area contributed by atoms with Crippen molar-refractivity contribution in [3.8, 4) is 0 Å². The molecule has 0 radical (unpaired) electrons. The maximum Gasteiger partial charge on any atom is 0.240 e. The second-order valence-electron chi connectivity index (χ2n) is 3.82. The van der Waals surface area contributed by atoms with Crippen LogP contribution < -0.4 is 0 Å². The highest BCUT2D eigenvalue weighted by molar-refractivity contribution is 7.56. The van der Waals surface area contributed by atoms with E-state index in [0.29, 0.717) is 8.58 Å². The number of amides is 1. The van der Waals surface area contributed by atoms with Crippen LogP contribution in [-0.2, 0) is 4.74 Å². The van der Waals surface area contributed by atoms with Gasteiger partial charge >= 0.3 is 0 Å². The van der Waals surface area contributed by atoms with Crippen molar-refractivity contribution in [3.63, 3.8) is 0 Å². The zero-order valence-electron chi connectivity index (χ0n) is 11.8. The topological polar surface area (TPSA) is 32.8 Å². The van der Waals surface area contributed by atoms with Crippen molar-refractivity contribution >= 4 is 14.2 Å². The van der Waals surface area contributed by atoms with Crippen LogP contribution in [0.15, 0.2) is 0 Å². The molecule has 1 rings (SSSR count). The Labute approximate surface area is 107 Å². The SMILES string of the molecule is CC.CCN1CCOC(CN(C)C(=O)PC)C1. The van der Waals surface area contributed by atoms with Crippen molar-refractivity contribution in [3.05, 3.63) is 0 Å². The van der Waals surface area contributed by atoms with Gasteiger partial charge in [0.1, 0.15) is 0 Å². The lowest BCUT2D eigenvalue weighted by atomic mass is 10.2. The van der Waals surface area contributed by atoms with Gasteiger partial charge in [0.15, 0.2) is 0 Å². The minimum Gasteiger partial charge on any atom is -0.374 e. The highest BCUT2D eigenvalue weighted by Gasteiger charge is 2.21. The molecular weight excluding hydrogens is 235 g/mol. The first kappa shape index (κ1) is 16.8. The molecule has 2 unspecified atom stereocenters. The van der Waals surface area contributed by atoms with E-state index in [0.717, 1.165) is 32.8 Å². The predicted molar refractivity (Wildman–Crippen MR) is 75.5 cm³/mol. The zero-order chi connectivity index (χ0) is 13.3. The number of hydrogen-bond acceptors (Lipinski definition) is 3. The van der Waals surface area contributed by atoms with Crippen LogP contribution in [0.4, 0.5) is 4.79 Å². The normalized spacial score (nSPS) is 21.1. The third-order valence-corrected chi connectivity index (χ3v) is 3.52. The minimum atomic E-state index is 0.184. The van der Waals surface area contributed by atoms with Gasteiger partial charge in [-0.1, -0.05) is 20.8 Å². The molecule has 0 spiro atoms. The van der Waals surface area contributed by atoms with Crippen LogP contribution in [0.5, 0.6) is 0 Å². The number of carbonyl (C=O) groups excluding carboxylic acids is 1. The standard InChI is InChI=1S/C10H21N2O2P.C2H6/c1-4-12-5-6-14-9(8-12)7-11(2)10(13)15-3;1-2/h9,15H,4-8H2,1-3H3;1-2H3. The number of morpholine rings is 1. The number of hydrogen-bond donors (Lipinski definition) is 0. The van der Waals surface area contributed by atoms with Gasteiger partial charge in [-0.2, -0.15) is 0 Å². The molecule has 17 heavy (non-hydrogen) atoms. The summed E-state index contributed by atoms with van der Waals surface area (Å²) in [6.07, 6.45) is 0.184. The van der Waals surface area contributed by atoms with Gasteiger partial charge in [-0.05, 0) is 21.8 Å². The summed E-state index contributed by atoms with van der Waals surface area (Å²) in [7, 11) is 2.20. The molecule has 0 bridgehead atoms. The third kappa shape index (κ3) is 6.35. The summed E-state index contributed by atoms with van der Waals surface area (Å²) >= 11 is 0. The molecule has 1 fully saturated rings. The average molecular weight is 262 g/mol. The van der Waals surface area contributed by atoms with Gasteiger partial charge in [-0.3, -0.25) is 9.69 Å². The Morgan fingerprint density at radius 2 is 2.18 bits per heavy atom. The van der Waals surface area contributed by atoms with Crippen molar-refractivity contribution in [2.24, 2.45) is 0 Å². The van der Waals surface area contributed by atoms with Crippen LogP contribution in [0.25, 0.3) is 0 Å². The van der Waals surface area contributed by atoms with Crippen LogP contribution in [0.3, 0.4) is 0 Å². The smallest absolute Gasteiger partial charge is 0.240 e. The molecule has 102 valence electrons. The summed E-state index contributed by atoms with van der Waals surface area (Å²) in [5, 5.41) is 0. The zero-order valence-corrected chi connectivity index (χ0v) is 12.8. The molecule has 0 aliphatic carbocycles. The summed E-state index contributed by atoms with van der Waals surface area (Å²) < 4.78 is 5.64. The molecule has 0 aromatic heterocycles. The van der Waals surface area contributed by atoms with Gasteiger partial charge in [-0.15, -0.1) is 0 Å². The number of rotatable bonds is 4. The number of nitrogens with zero attached hydrogens (tertiary/aromatic N) is 2. The van der Waals surface area contributed by atoms with E-state index in [9.17, 15) is 4.79 Å². The van der Waals surface area contributed by atoms with E-state index in [4.69, 9.17) is 4.74 Å². The van der Waals surface area contributed by atoms with Crippen LogP contribution in [0.1, 0.15) is 20.8 Å². The van der Waals surface area contributed by atoms with E-state index in [1.807, 2.05) is 27.6 Å². The molecule has 5 heteroatoms. The Kier molecular flexibility index (Phi) is 9.71. The average Bonchev–Trinajstić information content (AvgIpc) is 2.40. The largest absolute Gasteiger partial charge is 0.374 e. The molecule has 1 aliphatic rings. The Bertz CT molecular complexity index is 215. The highest BCUT2D eigenvalue weighted by Crippen LogP contribution is 2.12. The van der Waals surface area contributed by atoms with Crippen molar-refractivity contribution in [1.29, 1.82) is 0 Å². The van der Waals surface area contributed by atoms with E-state index in [1.165, 1.54) is 0 Å². The quantitative estimate of drug-likeness (QED) is 0.727. The molecule has 0 aromatic rings.